The summed E-state index contributed by atoms with van der Waals surface area (Å²) in [5, 5.41) is 0. The normalized spacial score (nSPS) is 17.1. The molecule has 0 saturated carbocycles. The smallest absolute Gasteiger partial charge is 0.248 e. The fraction of sp³-hybridized carbons (Fsp3) is 0.417. The second-order valence-electron chi connectivity index (χ2n) is 4.79. The lowest BCUT2D eigenvalue weighted by atomic mass is 10.1. The van der Waals surface area contributed by atoms with Crippen LogP contribution in [0.4, 0.5) is 11.4 Å². The summed E-state index contributed by atoms with van der Waals surface area (Å²) in [7, 11) is -3.16. The van der Waals surface area contributed by atoms with Crippen molar-refractivity contribution in [1.29, 1.82) is 0 Å². The minimum atomic E-state index is -3.16. The molecule has 0 aromatic heterocycles. The van der Waals surface area contributed by atoms with Gasteiger partial charge in [-0.1, -0.05) is 0 Å². The van der Waals surface area contributed by atoms with Crippen molar-refractivity contribution in [3.8, 4) is 0 Å². The molecular formula is C12H18N4O3S. The Morgan fingerprint density at radius 1 is 1.20 bits per heavy atom. The topological polar surface area (TPSA) is 110 Å². The van der Waals surface area contributed by atoms with Gasteiger partial charge < -0.3 is 16.4 Å². The van der Waals surface area contributed by atoms with E-state index in [1.54, 1.807) is 18.2 Å². The van der Waals surface area contributed by atoms with Crippen LogP contribution in [0, 0.1) is 0 Å². The predicted octanol–water partition coefficient (Wildman–Crippen LogP) is -0.551. The van der Waals surface area contributed by atoms with Crippen LogP contribution in [0.15, 0.2) is 18.2 Å². The Balaban J connectivity index is 2.18. The Kier molecular flexibility index (Phi) is 3.87. The number of benzene rings is 1. The van der Waals surface area contributed by atoms with E-state index >= 15 is 0 Å². The highest BCUT2D eigenvalue weighted by Crippen LogP contribution is 2.26. The number of sulfonamides is 1. The summed E-state index contributed by atoms with van der Waals surface area (Å²) in [4.78, 5) is 13.2. The van der Waals surface area contributed by atoms with Crippen molar-refractivity contribution < 1.29 is 13.2 Å². The van der Waals surface area contributed by atoms with Gasteiger partial charge in [-0.25, -0.2) is 8.42 Å². The monoisotopic (exact) mass is 298 g/mol. The molecule has 0 aliphatic carbocycles. The van der Waals surface area contributed by atoms with Crippen LogP contribution >= 0.6 is 0 Å². The summed E-state index contributed by atoms with van der Waals surface area (Å²) in [6.07, 6.45) is 1.20. The SMILES string of the molecule is CS(=O)(=O)N1CCN(c2cc(C(N)=O)ccc2N)CC1. The fourth-order valence-corrected chi connectivity index (χ4v) is 3.06. The number of anilines is 2. The molecule has 0 spiro atoms. The molecule has 7 nitrogen and oxygen atoms in total. The standard InChI is InChI=1S/C12H18N4O3S/c1-20(18,19)16-6-4-15(5-7-16)11-8-9(12(14)17)2-3-10(11)13/h2-3,8H,4-7,13H2,1H3,(H2,14,17). The first-order valence-corrected chi connectivity index (χ1v) is 8.03. The molecule has 1 aromatic rings. The van der Waals surface area contributed by atoms with Crippen molar-refractivity contribution in [2.45, 2.75) is 0 Å². The van der Waals surface area contributed by atoms with Crippen LogP contribution in [0.1, 0.15) is 10.4 Å². The first-order chi connectivity index (χ1) is 9.29. The highest BCUT2D eigenvalue weighted by atomic mass is 32.2. The lowest BCUT2D eigenvalue weighted by Gasteiger charge is -2.35. The van der Waals surface area contributed by atoms with E-state index in [-0.39, 0.29) is 0 Å². The number of primary amides is 1. The largest absolute Gasteiger partial charge is 0.397 e. The van der Waals surface area contributed by atoms with Crippen LogP contribution in [0.5, 0.6) is 0 Å². The van der Waals surface area contributed by atoms with Crippen molar-refractivity contribution in [3.05, 3.63) is 23.8 Å². The Hall–Kier alpha value is -1.80. The number of piperazine rings is 1. The third-order valence-electron chi connectivity index (χ3n) is 3.36. The zero-order chi connectivity index (χ0) is 14.9. The van der Waals surface area contributed by atoms with Gasteiger partial charge in [-0.3, -0.25) is 4.79 Å². The van der Waals surface area contributed by atoms with Gasteiger partial charge in [0.15, 0.2) is 0 Å². The molecule has 0 unspecified atom stereocenters. The maximum atomic E-state index is 11.5. The molecule has 2 rings (SSSR count). The van der Waals surface area contributed by atoms with Gasteiger partial charge in [-0.2, -0.15) is 4.31 Å². The molecule has 1 amide bonds. The van der Waals surface area contributed by atoms with Gasteiger partial charge >= 0.3 is 0 Å². The van der Waals surface area contributed by atoms with Crippen molar-refractivity contribution >= 4 is 27.3 Å². The molecule has 0 bridgehead atoms. The van der Waals surface area contributed by atoms with Crippen molar-refractivity contribution in [2.24, 2.45) is 5.73 Å². The molecule has 20 heavy (non-hydrogen) atoms. The Morgan fingerprint density at radius 2 is 1.80 bits per heavy atom. The number of carbonyl (C=O) groups is 1. The maximum Gasteiger partial charge on any atom is 0.248 e. The highest BCUT2D eigenvalue weighted by Gasteiger charge is 2.24. The van der Waals surface area contributed by atoms with Gasteiger partial charge in [-0.05, 0) is 18.2 Å². The average molecular weight is 298 g/mol. The van der Waals surface area contributed by atoms with Crippen LogP contribution in [0.3, 0.4) is 0 Å². The van der Waals surface area contributed by atoms with E-state index in [0.717, 1.165) is 5.69 Å². The summed E-state index contributed by atoms with van der Waals surface area (Å²) in [6.45, 7) is 1.86. The molecule has 4 N–H and O–H groups in total. The summed E-state index contributed by atoms with van der Waals surface area (Å²) in [5.41, 5.74) is 12.8. The molecule has 1 aliphatic heterocycles. The Bertz CT molecular complexity index is 622. The third kappa shape index (κ3) is 3.02. The van der Waals surface area contributed by atoms with Gasteiger partial charge in [0.2, 0.25) is 15.9 Å². The molecule has 8 heteroatoms. The minimum absolute atomic E-state index is 0.389. The van der Waals surface area contributed by atoms with Crippen molar-refractivity contribution in [3.63, 3.8) is 0 Å². The number of nitrogens with zero attached hydrogens (tertiary/aromatic N) is 2. The second-order valence-corrected chi connectivity index (χ2v) is 6.77. The van der Waals surface area contributed by atoms with Crippen LogP contribution in [0.2, 0.25) is 0 Å². The second kappa shape index (κ2) is 5.29. The van der Waals surface area contributed by atoms with E-state index in [1.807, 2.05) is 4.90 Å². The van der Waals surface area contributed by atoms with E-state index in [9.17, 15) is 13.2 Å². The van der Waals surface area contributed by atoms with Gasteiger partial charge in [0.1, 0.15) is 0 Å². The van der Waals surface area contributed by atoms with Crippen molar-refractivity contribution in [2.75, 3.05) is 43.1 Å². The fourth-order valence-electron chi connectivity index (χ4n) is 2.23. The zero-order valence-electron chi connectivity index (χ0n) is 11.2. The summed E-state index contributed by atoms with van der Waals surface area (Å²) < 4.78 is 24.4. The molecule has 1 saturated heterocycles. The maximum absolute atomic E-state index is 11.5. The van der Waals surface area contributed by atoms with E-state index in [4.69, 9.17) is 11.5 Å². The number of hydrogen-bond acceptors (Lipinski definition) is 5. The molecule has 1 aromatic carbocycles. The average Bonchev–Trinajstić information content (AvgIpc) is 2.38. The first-order valence-electron chi connectivity index (χ1n) is 6.18. The van der Waals surface area contributed by atoms with Crippen molar-refractivity contribution in [1.82, 2.24) is 4.31 Å². The number of amides is 1. The predicted molar refractivity (Wildman–Crippen MR) is 78.0 cm³/mol. The summed E-state index contributed by atoms with van der Waals surface area (Å²) >= 11 is 0. The number of nitrogens with two attached hydrogens (primary N) is 2. The zero-order valence-corrected chi connectivity index (χ0v) is 12.1. The Labute approximate surface area is 118 Å². The van der Waals surface area contributed by atoms with E-state index in [1.165, 1.54) is 10.6 Å². The van der Waals surface area contributed by atoms with Crippen LogP contribution in [-0.2, 0) is 10.0 Å². The van der Waals surface area contributed by atoms with E-state index < -0.39 is 15.9 Å². The van der Waals surface area contributed by atoms with Gasteiger partial charge in [-0.15, -0.1) is 0 Å². The number of carbonyl (C=O) groups excluding carboxylic acids is 1. The molecule has 0 atom stereocenters. The summed E-state index contributed by atoms with van der Waals surface area (Å²) in [5.74, 6) is -0.513. The number of nitrogen functional groups attached to an aromatic ring is 1. The van der Waals surface area contributed by atoms with Gasteiger partial charge in [0.25, 0.3) is 0 Å². The highest BCUT2D eigenvalue weighted by molar-refractivity contribution is 7.88. The van der Waals surface area contributed by atoms with Crippen LogP contribution < -0.4 is 16.4 Å². The van der Waals surface area contributed by atoms with E-state index in [0.29, 0.717) is 37.4 Å². The molecule has 110 valence electrons. The lowest BCUT2D eigenvalue weighted by Crippen LogP contribution is -2.48. The molecule has 1 fully saturated rings. The summed E-state index contributed by atoms with van der Waals surface area (Å²) in [6, 6.07) is 4.86. The molecule has 1 aliphatic rings. The Morgan fingerprint density at radius 3 is 2.30 bits per heavy atom. The molecule has 0 radical (unpaired) electrons. The lowest BCUT2D eigenvalue weighted by molar-refractivity contribution is 0.100. The van der Waals surface area contributed by atoms with E-state index in [2.05, 4.69) is 0 Å². The third-order valence-corrected chi connectivity index (χ3v) is 4.67. The van der Waals surface area contributed by atoms with Crippen LogP contribution in [-0.4, -0.2) is 51.1 Å². The minimum Gasteiger partial charge on any atom is -0.397 e. The number of rotatable bonds is 3. The first kappa shape index (κ1) is 14.6. The van der Waals surface area contributed by atoms with Gasteiger partial charge in [0.05, 0.1) is 17.6 Å². The number of hydrogen-bond donors (Lipinski definition) is 2. The molecule has 1 heterocycles. The van der Waals surface area contributed by atoms with Gasteiger partial charge in [0, 0.05) is 31.7 Å². The molecular weight excluding hydrogens is 280 g/mol. The van der Waals surface area contributed by atoms with Crippen LogP contribution in [0.25, 0.3) is 0 Å². The quantitative estimate of drug-likeness (QED) is 0.728.